The summed E-state index contributed by atoms with van der Waals surface area (Å²) in [5.41, 5.74) is 0.765. The van der Waals surface area contributed by atoms with Crippen LogP contribution in [0.25, 0.3) is 0 Å². The van der Waals surface area contributed by atoms with Crippen LogP contribution in [-0.4, -0.2) is 12.4 Å². The molecular weight excluding hydrogens is 224 g/mol. The largest absolute Gasteiger partial charge is 0.493 e. The van der Waals surface area contributed by atoms with Gasteiger partial charge < -0.3 is 4.74 Å². The molecule has 1 aliphatic carbocycles. The van der Waals surface area contributed by atoms with Crippen molar-refractivity contribution in [2.75, 3.05) is 6.61 Å². The quantitative estimate of drug-likeness (QED) is 0.731. The Bertz CT molecular complexity index is 411. The van der Waals surface area contributed by atoms with Crippen molar-refractivity contribution in [2.24, 2.45) is 11.8 Å². The zero-order chi connectivity index (χ0) is 13.0. The van der Waals surface area contributed by atoms with E-state index in [1.807, 2.05) is 31.2 Å². The van der Waals surface area contributed by atoms with Gasteiger partial charge in [-0.25, -0.2) is 0 Å². The number of hydrogen-bond acceptors (Lipinski definition) is 2. The second kappa shape index (κ2) is 6.03. The van der Waals surface area contributed by atoms with Gasteiger partial charge in [-0.15, -0.1) is 0 Å². The molecule has 2 nitrogen and oxygen atoms in total. The number of carbonyl (C=O) groups is 1. The van der Waals surface area contributed by atoms with Gasteiger partial charge in [0.15, 0.2) is 5.78 Å². The molecule has 2 atom stereocenters. The maximum absolute atomic E-state index is 12.5. The summed E-state index contributed by atoms with van der Waals surface area (Å²) in [6.07, 6.45) is 4.48. The Balaban J connectivity index is 2.14. The Labute approximate surface area is 109 Å². The fourth-order valence-electron chi connectivity index (χ4n) is 2.86. The normalized spacial score (nSPS) is 23.0. The Morgan fingerprint density at radius 2 is 2.06 bits per heavy atom. The first-order valence-electron chi connectivity index (χ1n) is 7.02. The first kappa shape index (κ1) is 13.1. The van der Waals surface area contributed by atoms with Gasteiger partial charge in [0.2, 0.25) is 0 Å². The summed E-state index contributed by atoms with van der Waals surface area (Å²) in [5.74, 6) is 1.95. The summed E-state index contributed by atoms with van der Waals surface area (Å²) in [4.78, 5) is 12.5. The molecule has 0 radical (unpaired) electrons. The number of hydrogen-bond donors (Lipinski definition) is 0. The van der Waals surface area contributed by atoms with Gasteiger partial charge in [0.25, 0.3) is 0 Å². The van der Waals surface area contributed by atoms with E-state index >= 15 is 0 Å². The van der Waals surface area contributed by atoms with E-state index in [4.69, 9.17) is 4.74 Å². The molecule has 0 saturated heterocycles. The predicted molar refractivity (Wildman–Crippen MR) is 73.1 cm³/mol. The van der Waals surface area contributed by atoms with Crippen molar-refractivity contribution in [3.8, 4) is 5.75 Å². The van der Waals surface area contributed by atoms with Crippen molar-refractivity contribution in [3.63, 3.8) is 0 Å². The average Bonchev–Trinajstić information content (AvgIpc) is 2.88. The Morgan fingerprint density at radius 1 is 1.28 bits per heavy atom. The first-order valence-corrected chi connectivity index (χ1v) is 7.02. The van der Waals surface area contributed by atoms with Gasteiger partial charge in [0.1, 0.15) is 5.75 Å². The number of ether oxygens (including phenoxy) is 1. The molecule has 2 unspecified atom stereocenters. The molecule has 0 spiro atoms. The zero-order valence-corrected chi connectivity index (χ0v) is 11.3. The number of rotatable bonds is 5. The molecule has 0 bridgehead atoms. The third kappa shape index (κ3) is 2.74. The van der Waals surface area contributed by atoms with Crippen molar-refractivity contribution in [1.82, 2.24) is 0 Å². The number of ketones is 1. The zero-order valence-electron chi connectivity index (χ0n) is 11.3. The number of para-hydroxylation sites is 1. The summed E-state index contributed by atoms with van der Waals surface area (Å²) in [6, 6.07) is 7.63. The van der Waals surface area contributed by atoms with Crippen LogP contribution in [0.1, 0.15) is 49.9 Å². The predicted octanol–water partition coefficient (Wildman–Crippen LogP) is 4.09. The number of benzene rings is 1. The molecule has 0 N–H and O–H groups in total. The topological polar surface area (TPSA) is 26.3 Å². The van der Waals surface area contributed by atoms with Crippen molar-refractivity contribution >= 4 is 5.78 Å². The second-order valence-corrected chi connectivity index (χ2v) is 5.08. The molecule has 0 heterocycles. The smallest absolute Gasteiger partial charge is 0.169 e. The summed E-state index contributed by atoms with van der Waals surface area (Å²) >= 11 is 0. The minimum atomic E-state index is 0.205. The molecule has 0 aromatic heterocycles. The van der Waals surface area contributed by atoms with Crippen LogP contribution in [0.2, 0.25) is 0 Å². The van der Waals surface area contributed by atoms with Crippen molar-refractivity contribution in [3.05, 3.63) is 29.8 Å². The number of carbonyl (C=O) groups excluding carboxylic acids is 1. The lowest BCUT2D eigenvalue weighted by Crippen LogP contribution is -2.13. The van der Waals surface area contributed by atoms with Crippen LogP contribution in [0, 0.1) is 11.8 Å². The van der Waals surface area contributed by atoms with Crippen LogP contribution in [-0.2, 0) is 0 Å². The fraction of sp³-hybridized carbons (Fsp3) is 0.562. The molecule has 0 aliphatic heterocycles. The molecule has 1 aromatic rings. The van der Waals surface area contributed by atoms with Crippen LogP contribution in [0.5, 0.6) is 5.75 Å². The van der Waals surface area contributed by atoms with Crippen molar-refractivity contribution in [1.29, 1.82) is 0 Å². The fourth-order valence-corrected chi connectivity index (χ4v) is 2.86. The Morgan fingerprint density at radius 3 is 2.72 bits per heavy atom. The van der Waals surface area contributed by atoms with E-state index in [9.17, 15) is 4.79 Å². The van der Waals surface area contributed by atoms with E-state index in [0.29, 0.717) is 6.61 Å². The molecular formula is C16H22O2. The van der Waals surface area contributed by atoms with Gasteiger partial charge in [-0.05, 0) is 44.2 Å². The van der Waals surface area contributed by atoms with Crippen molar-refractivity contribution < 1.29 is 9.53 Å². The summed E-state index contributed by atoms with van der Waals surface area (Å²) in [5, 5.41) is 0. The van der Waals surface area contributed by atoms with Crippen molar-refractivity contribution in [2.45, 2.75) is 39.5 Å². The summed E-state index contributed by atoms with van der Waals surface area (Å²) < 4.78 is 5.55. The van der Waals surface area contributed by atoms with Gasteiger partial charge >= 0.3 is 0 Å². The highest BCUT2D eigenvalue weighted by molar-refractivity contribution is 6.00. The molecule has 1 aliphatic rings. The Kier molecular flexibility index (Phi) is 4.40. The summed E-state index contributed by atoms with van der Waals surface area (Å²) in [7, 11) is 0. The minimum absolute atomic E-state index is 0.205. The van der Waals surface area contributed by atoms with E-state index in [1.54, 1.807) is 0 Å². The highest BCUT2D eigenvalue weighted by atomic mass is 16.5. The van der Waals surface area contributed by atoms with Crippen LogP contribution >= 0.6 is 0 Å². The van der Waals surface area contributed by atoms with Gasteiger partial charge in [0.05, 0.1) is 12.2 Å². The lowest BCUT2D eigenvalue weighted by molar-refractivity contribution is 0.0916. The SMILES string of the molecule is CCOc1ccccc1C(=O)C1CCC(CC)C1. The molecule has 2 rings (SSSR count). The van der Waals surface area contributed by atoms with E-state index < -0.39 is 0 Å². The van der Waals surface area contributed by atoms with Gasteiger partial charge in [0, 0.05) is 5.92 Å². The maximum atomic E-state index is 12.5. The van der Waals surface area contributed by atoms with E-state index in [1.165, 1.54) is 12.8 Å². The molecule has 2 heteroatoms. The van der Waals surface area contributed by atoms with Gasteiger partial charge in [-0.2, -0.15) is 0 Å². The van der Waals surface area contributed by atoms with Crippen LogP contribution in [0.4, 0.5) is 0 Å². The van der Waals surface area contributed by atoms with Crippen LogP contribution < -0.4 is 4.74 Å². The first-order chi connectivity index (χ1) is 8.76. The highest BCUT2D eigenvalue weighted by Gasteiger charge is 2.30. The number of Topliss-reactive ketones (excluding diaryl/α,β-unsaturated/α-hetero) is 1. The van der Waals surface area contributed by atoms with Crippen LogP contribution in [0.15, 0.2) is 24.3 Å². The van der Waals surface area contributed by atoms with E-state index in [0.717, 1.165) is 30.1 Å². The minimum Gasteiger partial charge on any atom is -0.493 e. The Hall–Kier alpha value is -1.31. The lowest BCUT2D eigenvalue weighted by Gasteiger charge is -2.13. The standard InChI is InChI=1S/C16H22O2/c1-3-12-9-10-13(11-12)16(17)14-7-5-6-8-15(14)18-4-2/h5-8,12-13H,3-4,9-11H2,1-2H3. The molecule has 98 valence electrons. The maximum Gasteiger partial charge on any atom is 0.169 e. The van der Waals surface area contributed by atoms with E-state index in [-0.39, 0.29) is 11.7 Å². The monoisotopic (exact) mass is 246 g/mol. The second-order valence-electron chi connectivity index (χ2n) is 5.08. The van der Waals surface area contributed by atoms with E-state index in [2.05, 4.69) is 6.92 Å². The molecule has 0 amide bonds. The molecule has 1 saturated carbocycles. The lowest BCUT2D eigenvalue weighted by atomic mass is 9.94. The average molecular weight is 246 g/mol. The van der Waals surface area contributed by atoms with Gasteiger partial charge in [-0.3, -0.25) is 4.79 Å². The molecule has 18 heavy (non-hydrogen) atoms. The van der Waals surface area contributed by atoms with Crippen LogP contribution in [0.3, 0.4) is 0 Å². The third-order valence-corrected chi connectivity index (χ3v) is 3.94. The van der Waals surface area contributed by atoms with Gasteiger partial charge in [-0.1, -0.05) is 25.5 Å². The third-order valence-electron chi connectivity index (χ3n) is 3.94. The highest BCUT2D eigenvalue weighted by Crippen LogP contribution is 2.36. The summed E-state index contributed by atoms with van der Waals surface area (Å²) in [6.45, 7) is 4.77. The molecule has 1 aromatic carbocycles. The molecule has 1 fully saturated rings.